The maximum absolute atomic E-state index is 13.0. The Morgan fingerprint density at radius 2 is 1.73 bits per heavy atom. The first-order valence-electron chi connectivity index (χ1n) is 12.1. The summed E-state index contributed by atoms with van der Waals surface area (Å²) < 4.78 is 5.21. The van der Waals surface area contributed by atoms with Gasteiger partial charge in [0.1, 0.15) is 5.75 Å². The summed E-state index contributed by atoms with van der Waals surface area (Å²) in [4.78, 5) is 31.1. The molecule has 4 aliphatic carbocycles. The van der Waals surface area contributed by atoms with Gasteiger partial charge in [0.25, 0.3) is 0 Å². The van der Waals surface area contributed by atoms with Crippen LogP contribution in [0.25, 0.3) is 11.3 Å². The third-order valence-electron chi connectivity index (χ3n) is 7.79. The summed E-state index contributed by atoms with van der Waals surface area (Å²) in [5.41, 5.74) is 1.76. The van der Waals surface area contributed by atoms with Crippen LogP contribution in [0.15, 0.2) is 24.3 Å². The maximum atomic E-state index is 13.0. The van der Waals surface area contributed by atoms with Crippen molar-refractivity contribution in [2.75, 3.05) is 19.0 Å². The zero-order valence-electron chi connectivity index (χ0n) is 19.5. The lowest BCUT2D eigenvalue weighted by Gasteiger charge is -2.55. The van der Waals surface area contributed by atoms with E-state index in [0.717, 1.165) is 58.9 Å². The van der Waals surface area contributed by atoms with E-state index in [-0.39, 0.29) is 17.2 Å². The van der Waals surface area contributed by atoms with E-state index in [4.69, 9.17) is 4.74 Å². The summed E-state index contributed by atoms with van der Waals surface area (Å²) in [6.07, 6.45) is 8.24. The van der Waals surface area contributed by atoms with Crippen molar-refractivity contribution in [3.05, 3.63) is 29.1 Å². The van der Waals surface area contributed by atoms with Crippen molar-refractivity contribution in [1.82, 2.24) is 10.3 Å². The number of aryl methyl sites for hydroxylation is 1. The first-order chi connectivity index (χ1) is 15.9. The first kappa shape index (κ1) is 22.4. The van der Waals surface area contributed by atoms with Gasteiger partial charge in [0.05, 0.1) is 12.8 Å². The molecule has 2 amide bonds. The van der Waals surface area contributed by atoms with E-state index in [9.17, 15) is 9.59 Å². The molecule has 2 aromatic rings. The highest BCUT2D eigenvalue weighted by Gasteiger charge is 2.54. The highest BCUT2D eigenvalue weighted by Crippen LogP contribution is 2.60. The molecular formula is C26H33N3O3S. The van der Waals surface area contributed by atoms with Crippen LogP contribution in [0.5, 0.6) is 5.75 Å². The molecule has 4 saturated carbocycles. The number of aromatic nitrogens is 1. The third kappa shape index (κ3) is 4.65. The fourth-order valence-corrected chi connectivity index (χ4v) is 7.53. The molecule has 0 saturated heterocycles. The topological polar surface area (TPSA) is 80.3 Å². The summed E-state index contributed by atoms with van der Waals surface area (Å²) in [6, 6.07) is 7.76. The Morgan fingerprint density at radius 1 is 1.09 bits per heavy atom. The maximum Gasteiger partial charge on any atom is 0.226 e. The smallest absolute Gasteiger partial charge is 0.226 e. The molecule has 0 atom stereocenters. The van der Waals surface area contributed by atoms with Crippen molar-refractivity contribution >= 4 is 28.3 Å². The Bertz CT molecular complexity index is 995. The second-order valence-corrected chi connectivity index (χ2v) is 11.5. The number of rotatable bonds is 8. The van der Waals surface area contributed by atoms with Gasteiger partial charge >= 0.3 is 0 Å². The molecule has 4 fully saturated rings. The Kier molecular flexibility index (Phi) is 6.16. The number of thiazole rings is 1. The molecule has 0 spiro atoms. The van der Waals surface area contributed by atoms with Gasteiger partial charge in [-0.25, -0.2) is 4.98 Å². The number of methoxy groups -OCH3 is 1. The van der Waals surface area contributed by atoms with Crippen molar-refractivity contribution < 1.29 is 14.3 Å². The quantitative estimate of drug-likeness (QED) is 0.524. The van der Waals surface area contributed by atoms with E-state index in [1.807, 2.05) is 31.2 Å². The Balaban J connectivity index is 1.09. The molecule has 0 unspecified atom stereocenters. The molecule has 1 aromatic heterocycles. The Labute approximate surface area is 199 Å². The number of anilines is 1. The minimum atomic E-state index is -0.118. The summed E-state index contributed by atoms with van der Waals surface area (Å²) in [5, 5.41) is 6.70. The summed E-state index contributed by atoms with van der Waals surface area (Å²) in [7, 11) is 1.64. The third-order valence-corrected chi connectivity index (χ3v) is 8.68. The summed E-state index contributed by atoms with van der Waals surface area (Å²) in [6.45, 7) is 2.56. The molecule has 0 radical (unpaired) electrons. The Hall–Kier alpha value is -2.41. The van der Waals surface area contributed by atoms with Gasteiger partial charge in [-0.3, -0.25) is 9.59 Å². The number of hydrogen-bond acceptors (Lipinski definition) is 5. The van der Waals surface area contributed by atoms with Crippen LogP contribution in [0.2, 0.25) is 0 Å². The molecule has 6 rings (SSSR count). The van der Waals surface area contributed by atoms with E-state index < -0.39 is 0 Å². The minimum absolute atomic E-state index is 0.0610. The van der Waals surface area contributed by atoms with E-state index in [1.54, 1.807) is 7.11 Å². The average Bonchev–Trinajstić information content (AvgIpc) is 3.15. The molecule has 1 heterocycles. The fourth-order valence-electron chi connectivity index (χ4n) is 6.68. The molecule has 6 nitrogen and oxygen atoms in total. The fraction of sp³-hybridized carbons (Fsp3) is 0.577. The van der Waals surface area contributed by atoms with Crippen molar-refractivity contribution in [2.24, 2.45) is 23.2 Å². The van der Waals surface area contributed by atoms with Gasteiger partial charge < -0.3 is 15.4 Å². The number of hydrogen-bond donors (Lipinski definition) is 2. The van der Waals surface area contributed by atoms with Crippen LogP contribution in [0.1, 0.15) is 56.2 Å². The second kappa shape index (κ2) is 9.09. The molecule has 176 valence electrons. The van der Waals surface area contributed by atoms with Crippen molar-refractivity contribution in [3.63, 3.8) is 0 Å². The monoisotopic (exact) mass is 467 g/mol. The van der Waals surface area contributed by atoms with Gasteiger partial charge in [-0.1, -0.05) is 0 Å². The normalized spacial score (nSPS) is 27.4. The largest absolute Gasteiger partial charge is 0.497 e. The second-order valence-electron chi connectivity index (χ2n) is 10.3. The molecule has 33 heavy (non-hydrogen) atoms. The first-order valence-corrected chi connectivity index (χ1v) is 13.0. The van der Waals surface area contributed by atoms with Crippen LogP contribution < -0.4 is 15.4 Å². The number of carbonyl (C=O) groups excluding carboxylic acids is 2. The van der Waals surface area contributed by atoms with Gasteiger partial charge in [0.15, 0.2) is 5.13 Å². The lowest BCUT2D eigenvalue weighted by Crippen LogP contribution is -2.53. The molecular weight excluding hydrogens is 434 g/mol. The van der Waals surface area contributed by atoms with Crippen LogP contribution >= 0.6 is 11.3 Å². The predicted molar refractivity (Wildman–Crippen MR) is 130 cm³/mol. The van der Waals surface area contributed by atoms with Gasteiger partial charge in [-0.05, 0) is 93.9 Å². The lowest BCUT2D eigenvalue weighted by molar-refractivity contribution is -0.146. The van der Waals surface area contributed by atoms with E-state index in [2.05, 4.69) is 15.6 Å². The average molecular weight is 468 g/mol. The molecule has 4 aliphatic rings. The highest BCUT2D eigenvalue weighted by molar-refractivity contribution is 7.16. The number of benzene rings is 1. The minimum Gasteiger partial charge on any atom is -0.497 e. The number of carbonyl (C=O) groups is 2. The van der Waals surface area contributed by atoms with Crippen molar-refractivity contribution in [2.45, 2.75) is 58.3 Å². The number of amides is 2. The van der Waals surface area contributed by atoms with Crippen molar-refractivity contribution in [1.29, 1.82) is 0 Å². The van der Waals surface area contributed by atoms with Crippen LogP contribution in [0, 0.1) is 30.1 Å². The standard InChI is InChI=1S/C26H33N3O3S/c1-16-23(20-5-7-21(32-2)8-6-20)29-25(33-16)28-22(30)4-3-9-27-24(31)26-13-17-10-18(14-26)12-19(11-17)15-26/h5-8,17-19H,3-4,9-15H2,1-2H3,(H,27,31)(H,28,29,30). The zero-order valence-corrected chi connectivity index (χ0v) is 20.3. The zero-order chi connectivity index (χ0) is 23.0. The van der Waals surface area contributed by atoms with Crippen LogP contribution in [0.4, 0.5) is 5.13 Å². The number of nitrogens with zero attached hydrogens (tertiary/aromatic N) is 1. The highest BCUT2D eigenvalue weighted by atomic mass is 32.1. The molecule has 4 bridgehead atoms. The lowest BCUT2D eigenvalue weighted by atomic mass is 9.49. The van der Waals surface area contributed by atoms with E-state index in [1.165, 1.54) is 30.6 Å². The van der Waals surface area contributed by atoms with E-state index in [0.29, 0.717) is 24.5 Å². The SMILES string of the molecule is COc1ccc(-c2nc(NC(=O)CCCNC(=O)C34CC5CC(CC(C5)C3)C4)sc2C)cc1. The van der Waals surface area contributed by atoms with Gasteiger partial charge in [-0.2, -0.15) is 0 Å². The van der Waals surface area contributed by atoms with Gasteiger partial charge in [-0.15, -0.1) is 11.3 Å². The Morgan fingerprint density at radius 3 is 2.33 bits per heavy atom. The molecule has 1 aromatic carbocycles. The van der Waals surface area contributed by atoms with Crippen molar-refractivity contribution in [3.8, 4) is 17.0 Å². The molecule has 2 N–H and O–H groups in total. The molecule has 7 heteroatoms. The van der Waals surface area contributed by atoms with Gasteiger partial charge in [0.2, 0.25) is 11.8 Å². The summed E-state index contributed by atoms with van der Waals surface area (Å²) in [5.74, 6) is 3.26. The molecule has 0 aliphatic heterocycles. The predicted octanol–water partition coefficient (Wildman–Crippen LogP) is 5.18. The van der Waals surface area contributed by atoms with Gasteiger partial charge in [0, 0.05) is 28.8 Å². The van der Waals surface area contributed by atoms with Crippen LogP contribution in [-0.4, -0.2) is 30.5 Å². The summed E-state index contributed by atoms with van der Waals surface area (Å²) >= 11 is 1.48. The van der Waals surface area contributed by atoms with Crippen LogP contribution in [0.3, 0.4) is 0 Å². The number of nitrogens with one attached hydrogen (secondary N) is 2. The van der Waals surface area contributed by atoms with Crippen LogP contribution in [-0.2, 0) is 9.59 Å². The van der Waals surface area contributed by atoms with E-state index >= 15 is 0 Å². The number of ether oxygens (including phenoxy) is 1.